The Balaban J connectivity index is 1.77. The fourth-order valence-electron chi connectivity index (χ4n) is 2.81. The maximum atomic E-state index is 9.12. The molecule has 0 radical (unpaired) electrons. The summed E-state index contributed by atoms with van der Waals surface area (Å²) in [5.74, 6) is 1.27. The van der Waals surface area contributed by atoms with E-state index in [1.165, 1.54) is 19.3 Å². The highest BCUT2D eigenvalue weighted by Crippen LogP contribution is 2.21. The number of ether oxygens (including phenoxy) is 1. The lowest BCUT2D eigenvalue weighted by atomic mass is 9.96. The van der Waals surface area contributed by atoms with E-state index in [1.807, 2.05) is 11.0 Å². The second-order valence-electron chi connectivity index (χ2n) is 5.47. The van der Waals surface area contributed by atoms with Crippen LogP contribution in [0.4, 0.5) is 11.9 Å². The highest BCUT2D eigenvalue weighted by molar-refractivity contribution is 5.40. The number of aromatic nitrogens is 3. The number of hydrogen-bond acceptors (Lipinski definition) is 7. The molecule has 7 nitrogen and oxygen atoms in total. The summed E-state index contributed by atoms with van der Waals surface area (Å²) in [6.07, 6.45) is 6.06. The van der Waals surface area contributed by atoms with Gasteiger partial charge >= 0.3 is 0 Å². The summed E-state index contributed by atoms with van der Waals surface area (Å²) in [5.41, 5.74) is 0. The highest BCUT2D eigenvalue weighted by Gasteiger charge is 2.19. The molecule has 0 spiro atoms. The van der Waals surface area contributed by atoms with Crippen LogP contribution >= 0.6 is 0 Å². The number of morpholine rings is 1. The zero-order chi connectivity index (χ0) is 14.5. The van der Waals surface area contributed by atoms with Gasteiger partial charge in [-0.25, -0.2) is 0 Å². The van der Waals surface area contributed by atoms with Crippen LogP contribution in [-0.2, 0) is 4.74 Å². The van der Waals surface area contributed by atoms with E-state index in [0.717, 1.165) is 25.9 Å². The summed E-state index contributed by atoms with van der Waals surface area (Å²) in [6.45, 7) is 2.83. The van der Waals surface area contributed by atoms with Crippen molar-refractivity contribution in [1.29, 1.82) is 5.26 Å². The van der Waals surface area contributed by atoms with Crippen LogP contribution in [0.25, 0.3) is 0 Å². The summed E-state index contributed by atoms with van der Waals surface area (Å²) in [5, 5.41) is 12.5. The molecular weight excluding hydrogens is 268 g/mol. The lowest BCUT2D eigenvalue weighted by Gasteiger charge is -2.27. The van der Waals surface area contributed by atoms with Gasteiger partial charge in [-0.3, -0.25) is 0 Å². The van der Waals surface area contributed by atoms with Crippen LogP contribution < -0.4 is 10.2 Å². The lowest BCUT2D eigenvalue weighted by Crippen LogP contribution is -2.37. The zero-order valence-corrected chi connectivity index (χ0v) is 12.1. The van der Waals surface area contributed by atoms with Crippen molar-refractivity contribution >= 4 is 11.9 Å². The third kappa shape index (κ3) is 3.58. The minimum atomic E-state index is 0.171. The van der Waals surface area contributed by atoms with E-state index >= 15 is 0 Å². The quantitative estimate of drug-likeness (QED) is 0.897. The molecule has 0 unspecified atom stereocenters. The molecule has 1 saturated heterocycles. The van der Waals surface area contributed by atoms with Gasteiger partial charge in [0.2, 0.25) is 17.7 Å². The van der Waals surface area contributed by atoms with Gasteiger partial charge in [-0.15, -0.1) is 0 Å². The van der Waals surface area contributed by atoms with E-state index in [-0.39, 0.29) is 5.82 Å². The maximum absolute atomic E-state index is 9.12. The van der Waals surface area contributed by atoms with Gasteiger partial charge in [-0.2, -0.15) is 20.2 Å². The number of nitrogens with one attached hydrogen (secondary N) is 1. The van der Waals surface area contributed by atoms with Gasteiger partial charge in [-0.05, 0) is 12.8 Å². The first-order chi connectivity index (χ1) is 10.3. The average molecular weight is 288 g/mol. The van der Waals surface area contributed by atoms with Gasteiger partial charge < -0.3 is 15.0 Å². The van der Waals surface area contributed by atoms with Crippen molar-refractivity contribution < 1.29 is 4.74 Å². The lowest BCUT2D eigenvalue weighted by molar-refractivity contribution is 0.122. The number of hydrogen-bond donors (Lipinski definition) is 1. The van der Waals surface area contributed by atoms with Crippen molar-refractivity contribution in [3.8, 4) is 6.07 Å². The van der Waals surface area contributed by atoms with Gasteiger partial charge in [0.25, 0.3) is 0 Å². The molecule has 21 heavy (non-hydrogen) atoms. The predicted octanol–water partition coefficient (Wildman–Crippen LogP) is 1.32. The second kappa shape index (κ2) is 6.68. The Labute approximate surface area is 124 Å². The van der Waals surface area contributed by atoms with E-state index < -0.39 is 0 Å². The summed E-state index contributed by atoms with van der Waals surface area (Å²) < 4.78 is 5.34. The SMILES string of the molecule is N#Cc1nc(NC2CCCCC2)nc(N2CCOCC2)n1. The normalized spacial score (nSPS) is 20.0. The topological polar surface area (TPSA) is 87.0 Å². The Morgan fingerprint density at radius 1 is 1.10 bits per heavy atom. The first-order valence-corrected chi connectivity index (χ1v) is 7.60. The highest BCUT2D eigenvalue weighted by atomic mass is 16.5. The van der Waals surface area contributed by atoms with Crippen LogP contribution in [0.15, 0.2) is 0 Å². The first-order valence-electron chi connectivity index (χ1n) is 7.60. The van der Waals surface area contributed by atoms with Crippen LogP contribution in [0.2, 0.25) is 0 Å². The summed E-state index contributed by atoms with van der Waals surface area (Å²) >= 11 is 0. The number of nitrogens with zero attached hydrogens (tertiary/aromatic N) is 5. The van der Waals surface area contributed by atoms with Gasteiger partial charge in [0.1, 0.15) is 6.07 Å². The molecule has 1 saturated carbocycles. The Bertz CT molecular complexity index is 517. The van der Waals surface area contributed by atoms with Crippen molar-refractivity contribution in [1.82, 2.24) is 15.0 Å². The molecule has 0 aromatic carbocycles. The fourth-order valence-corrected chi connectivity index (χ4v) is 2.81. The minimum absolute atomic E-state index is 0.171. The Morgan fingerprint density at radius 2 is 1.86 bits per heavy atom. The molecule has 2 heterocycles. The standard InChI is InChI=1S/C14H20N6O/c15-10-12-17-13(16-11-4-2-1-3-5-11)19-14(18-12)20-6-8-21-9-7-20/h11H,1-9H2,(H,16,17,18,19). The minimum Gasteiger partial charge on any atom is -0.378 e. The molecule has 0 bridgehead atoms. The van der Waals surface area contributed by atoms with Crippen molar-refractivity contribution in [3.63, 3.8) is 0 Å². The third-order valence-corrected chi connectivity index (χ3v) is 3.96. The maximum Gasteiger partial charge on any atom is 0.238 e. The molecule has 2 aliphatic rings. The van der Waals surface area contributed by atoms with Crippen LogP contribution in [0.3, 0.4) is 0 Å². The molecule has 7 heteroatoms. The Kier molecular flexibility index (Phi) is 4.46. The summed E-state index contributed by atoms with van der Waals surface area (Å²) in [6, 6.07) is 2.43. The smallest absolute Gasteiger partial charge is 0.238 e. The Hall–Kier alpha value is -1.94. The van der Waals surface area contributed by atoms with Gasteiger partial charge in [-0.1, -0.05) is 19.3 Å². The number of rotatable bonds is 3. The van der Waals surface area contributed by atoms with E-state index in [0.29, 0.717) is 31.2 Å². The van der Waals surface area contributed by atoms with Crippen LogP contribution in [0.5, 0.6) is 0 Å². The molecule has 1 aliphatic heterocycles. The third-order valence-electron chi connectivity index (χ3n) is 3.96. The van der Waals surface area contributed by atoms with E-state index in [9.17, 15) is 0 Å². The van der Waals surface area contributed by atoms with Gasteiger partial charge in [0.15, 0.2) is 0 Å². The average Bonchev–Trinajstić information content (AvgIpc) is 2.56. The van der Waals surface area contributed by atoms with Crippen molar-refractivity contribution in [2.24, 2.45) is 0 Å². The molecule has 3 rings (SSSR count). The largest absolute Gasteiger partial charge is 0.378 e. The van der Waals surface area contributed by atoms with E-state index in [4.69, 9.17) is 10.00 Å². The number of nitriles is 1. The summed E-state index contributed by atoms with van der Waals surface area (Å²) in [4.78, 5) is 14.9. The van der Waals surface area contributed by atoms with E-state index in [2.05, 4.69) is 20.3 Å². The van der Waals surface area contributed by atoms with Crippen LogP contribution in [0.1, 0.15) is 37.9 Å². The molecule has 1 aromatic rings. The van der Waals surface area contributed by atoms with Gasteiger partial charge in [0, 0.05) is 19.1 Å². The van der Waals surface area contributed by atoms with Crippen LogP contribution in [0, 0.1) is 11.3 Å². The molecule has 1 N–H and O–H groups in total. The first kappa shape index (κ1) is 14.0. The van der Waals surface area contributed by atoms with Crippen LogP contribution in [-0.4, -0.2) is 47.3 Å². The van der Waals surface area contributed by atoms with Crippen molar-refractivity contribution in [2.75, 3.05) is 36.5 Å². The summed E-state index contributed by atoms with van der Waals surface area (Å²) in [7, 11) is 0. The monoisotopic (exact) mass is 288 g/mol. The second-order valence-corrected chi connectivity index (χ2v) is 5.47. The van der Waals surface area contributed by atoms with Crippen molar-refractivity contribution in [3.05, 3.63) is 5.82 Å². The number of anilines is 2. The Morgan fingerprint density at radius 3 is 2.57 bits per heavy atom. The zero-order valence-electron chi connectivity index (χ0n) is 12.1. The molecule has 112 valence electrons. The molecule has 2 fully saturated rings. The van der Waals surface area contributed by atoms with E-state index in [1.54, 1.807) is 0 Å². The molecule has 0 amide bonds. The van der Waals surface area contributed by atoms with Gasteiger partial charge in [0.05, 0.1) is 13.2 Å². The van der Waals surface area contributed by atoms with Crippen molar-refractivity contribution in [2.45, 2.75) is 38.1 Å². The molecule has 0 atom stereocenters. The molecule has 1 aromatic heterocycles. The fraction of sp³-hybridized carbons (Fsp3) is 0.714. The molecular formula is C14H20N6O. The molecule has 1 aliphatic carbocycles. The predicted molar refractivity (Wildman–Crippen MR) is 78.1 cm³/mol.